The van der Waals surface area contributed by atoms with Crippen molar-refractivity contribution in [1.29, 1.82) is 0 Å². The third-order valence-electron chi connectivity index (χ3n) is 2.55. The van der Waals surface area contributed by atoms with Crippen LogP contribution in [-0.4, -0.2) is 7.05 Å². The SMILES string of the molecule is CN(Cc1cccs1)c1ccc(CBr)cc1F. The highest BCUT2D eigenvalue weighted by molar-refractivity contribution is 9.08. The summed E-state index contributed by atoms with van der Waals surface area (Å²) in [6, 6.07) is 9.43. The number of hydrogen-bond donors (Lipinski definition) is 0. The summed E-state index contributed by atoms with van der Waals surface area (Å²) in [5, 5.41) is 2.71. The molecular weight excluding hydrogens is 301 g/mol. The Bertz CT molecular complexity index is 484. The smallest absolute Gasteiger partial charge is 0.146 e. The first kappa shape index (κ1) is 12.6. The van der Waals surface area contributed by atoms with Crippen molar-refractivity contribution in [2.75, 3.05) is 11.9 Å². The molecule has 0 aliphatic rings. The van der Waals surface area contributed by atoms with Crippen molar-refractivity contribution < 1.29 is 4.39 Å². The van der Waals surface area contributed by atoms with Crippen LogP contribution >= 0.6 is 27.3 Å². The van der Waals surface area contributed by atoms with Crippen LogP contribution in [0.1, 0.15) is 10.4 Å². The minimum Gasteiger partial charge on any atom is -0.367 e. The lowest BCUT2D eigenvalue weighted by Gasteiger charge is -2.19. The fourth-order valence-electron chi connectivity index (χ4n) is 1.66. The highest BCUT2D eigenvalue weighted by atomic mass is 79.9. The maximum absolute atomic E-state index is 13.9. The summed E-state index contributed by atoms with van der Waals surface area (Å²) in [6.07, 6.45) is 0. The van der Waals surface area contributed by atoms with Crippen LogP contribution in [-0.2, 0) is 11.9 Å². The summed E-state index contributed by atoms with van der Waals surface area (Å²) in [5.41, 5.74) is 1.60. The van der Waals surface area contributed by atoms with Crippen molar-refractivity contribution in [2.24, 2.45) is 0 Å². The lowest BCUT2D eigenvalue weighted by molar-refractivity contribution is 0.621. The summed E-state index contributed by atoms with van der Waals surface area (Å²) in [6.45, 7) is 0.738. The van der Waals surface area contributed by atoms with Gasteiger partial charge in [-0.2, -0.15) is 0 Å². The van der Waals surface area contributed by atoms with Gasteiger partial charge in [0.15, 0.2) is 0 Å². The molecule has 0 N–H and O–H groups in total. The number of thiophene rings is 1. The number of hydrogen-bond acceptors (Lipinski definition) is 2. The summed E-state index contributed by atoms with van der Waals surface area (Å²) < 4.78 is 13.9. The molecule has 90 valence electrons. The molecule has 0 amide bonds. The summed E-state index contributed by atoms with van der Waals surface area (Å²) in [4.78, 5) is 3.16. The van der Waals surface area contributed by atoms with Crippen molar-refractivity contribution in [3.05, 3.63) is 52.0 Å². The molecule has 1 nitrogen and oxygen atoms in total. The highest BCUT2D eigenvalue weighted by Crippen LogP contribution is 2.23. The van der Waals surface area contributed by atoms with Gasteiger partial charge in [0.2, 0.25) is 0 Å². The fourth-order valence-corrected chi connectivity index (χ4v) is 2.77. The van der Waals surface area contributed by atoms with Gasteiger partial charge in [-0.05, 0) is 29.1 Å². The molecule has 2 rings (SSSR count). The minimum atomic E-state index is -0.166. The number of alkyl halides is 1. The maximum atomic E-state index is 13.9. The predicted octanol–water partition coefficient (Wildman–Crippen LogP) is 4.42. The number of anilines is 1. The van der Waals surface area contributed by atoms with Gasteiger partial charge in [-0.3, -0.25) is 0 Å². The Balaban J connectivity index is 2.16. The van der Waals surface area contributed by atoms with E-state index in [1.165, 1.54) is 4.88 Å². The minimum absolute atomic E-state index is 0.166. The first-order valence-corrected chi connectivity index (χ1v) is 7.28. The maximum Gasteiger partial charge on any atom is 0.146 e. The molecule has 0 unspecified atom stereocenters. The zero-order valence-electron chi connectivity index (χ0n) is 9.49. The van der Waals surface area contributed by atoms with E-state index in [1.54, 1.807) is 17.4 Å². The predicted molar refractivity (Wildman–Crippen MR) is 75.5 cm³/mol. The van der Waals surface area contributed by atoms with Crippen molar-refractivity contribution in [3.8, 4) is 0 Å². The molecule has 0 radical (unpaired) electrons. The largest absolute Gasteiger partial charge is 0.367 e. The lowest BCUT2D eigenvalue weighted by Crippen LogP contribution is -2.17. The number of nitrogens with zero attached hydrogens (tertiary/aromatic N) is 1. The van der Waals surface area contributed by atoms with Crippen molar-refractivity contribution in [2.45, 2.75) is 11.9 Å². The molecule has 0 saturated carbocycles. The second-order valence-corrected chi connectivity index (χ2v) is 5.45. The van der Waals surface area contributed by atoms with E-state index in [0.29, 0.717) is 11.0 Å². The van der Waals surface area contributed by atoms with Crippen LogP contribution in [0.3, 0.4) is 0 Å². The van der Waals surface area contributed by atoms with Crippen LogP contribution in [0.5, 0.6) is 0 Å². The zero-order chi connectivity index (χ0) is 12.3. The molecule has 0 saturated heterocycles. The topological polar surface area (TPSA) is 3.24 Å². The Labute approximate surface area is 113 Å². The Morgan fingerprint density at radius 1 is 1.35 bits per heavy atom. The molecule has 1 aromatic carbocycles. The van der Waals surface area contributed by atoms with Gasteiger partial charge in [0, 0.05) is 17.3 Å². The van der Waals surface area contributed by atoms with Crippen LogP contribution < -0.4 is 4.90 Å². The zero-order valence-corrected chi connectivity index (χ0v) is 11.9. The van der Waals surface area contributed by atoms with Gasteiger partial charge in [0.1, 0.15) is 5.82 Å². The van der Waals surface area contributed by atoms with E-state index in [-0.39, 0.29) is 5.82 Å². The Hall–Kier alpha value is -0.870. The molecule has 4 heteroatoms. The fraction of sp³-hybridized carbons (Fsp3) is 0.231. The quantitative estimate of drug-likeness (QED) is 0.755. The molecule has 0 aliphatic carbocycles. The van der Waals surface area contributed by atoms with E-state index in [2.05, 4.69) is 22.0 Å². The van der Waals surface area contributed by atoms with E-state index < -0.39 is 0 Å². The van der Waals surface area contributed by atoms with Crippen LogP contribution in [0.2, 0.25) is 0 Å². The van der Waals surface area contributed by atoms with E-state index >= 15 is 0 Å². The molecular formula is C13H13BrFNS. The number of benzene rings is 1. The van der Waals surface area contributed by atoms with Gasteiger partial charge >= 0.3 is 0 Å². The summed E-state index contributed by atoms with van der Waals surface area (Å²) >= 11 is 5.01. The average molecular weight is 314 g/mol. The molecule has 0 spiro atoms. The van der Waals surface area contributed by atoms with Crippen molar-refractivity contribution in [1.82, 2.24) is 0 Å². The van der Waals surface area contributed by atoms with Crippen molar-refractivity contribution in [3.63, 3.8) is 0 Å². The van der Waals surface area contributed by atoms with Crippen LogP contribution in [0.25, 0.3) is 0 Å². The Morgan fingerprint density at radius 3 is 2.76 bits per heavy atom. The molecule has 1 aromatic heterocycles. The van der Waals surface area contributed by atoms with Gasteiger partial charge in [-0.15, -0.1) is 11.3 Å². The van der Waals surface area contributed by atoms with Gasteiger partial charge in [0.05, 0.1) is 12.2 Å². The summed E-state index contributed by atoms with van der Waals surface area (Å²) in [7, 11) is 1.91. The first-order valence-electron chi connectivity index (χ1n) is 5.28. The van der Waals surface area contributed by atoms with Crippen LogP contribution in [0, 0.1) is 5.82 Å². The van der Waals surface area contributed by atoms with Gasteiger partial charge in [-0.25, -0.2) is 4.39 Å². The van der Waals surface area contributed by atoms with Gasteiger partial charge in [0.25, 0.3) is 0 Å². The first-order chi connectivity index (χ1) is 8.20. The highest BCUT2D eigenvalue weighted by Gasteiger charge is 2.09. The van der Waals surface area contributed by atoms with Gasteiger partial charge < -0.3 is 4.90 Å². The molecule has 2 aromatic rings. The molecule has 0 fully saturated rings. The molecule has 1 heterocycles. The van der Waals surface area contributed by atoms with E-state index in [4.69, 9.17) is 0 Å². The third-order valence-corrected chi connectivity index (χ3v) is 4.06. The monoisotopic (exact) mass is 313 g/mol. The van der Waals surface area contributed by atoms with E-state index in [1.807, 2.05) is 35.5 Å². The van der Waals surface area contributed by atoms with E-state index in [0.717, 1.165) is 12.1 Å². The Kier molecular flexibility index (Phi) is 4.18. The van der Waals surface area contributed by atoms with Gasteiger partial charge in [-0.1, -0.05) is 28.1 Å². The second-order valence-electron chi connectivity index (χ2n) is 3.85. The number of halogens is 2. The van der Waals surface area contributed by atoms with Crippen LogP contribution in [0.15, 0.2) is 35.7 Å². The molecule has 0 bridgehead atoms. The average Bonchev–Trinajstić information content (AvgIpc) is 2.81. The Morgan fingerprint density at radius 2 is 2.18 bits per heavy atom. The molecule has 17 heavy (non-hydrogen) atoms. The van der Waals surface area contributed by atoms with Crippen LogP contribution in [0.4, 0.5) is 10.1 Å². The molecule has 0 aliphatic heterocycles. The third kappa shape index (κ3) is 3.07. The lowest BCUT2D eigenvalue weighted by atomic mass is 10.2. The second kappa shape index (κ2) is 5.65. The van der Waals surface area contributed by atoms with E-state index in [9.17, 15) is 4.39 Å². The molecule has 0 atom stereocenters. The normalized spacial score (nSPS) is 10.5. The number of rotatable bonds is 4. The summed E-state index contributed by atoms with van der Waals surface area (Å²) in [5.74, 6) is -0.166. The van der Waals surface area contributed by atoms with Crippen molar-refractivity contribution >= 4 is 33.0 Å². The standard InChI is InChI=1S/C13H13BrFNS/c1-16(9-11-3-2-6-17-11)13-5-4-10(8-14)7-12(13)15/h2-7H,8-9H2,1H3.